The van der Waals surface area contributed by atoms with Gasteiger partial charge in [0.2, 0.25) is 0 Å². The lowest BCUT2D eigenvalue weighted by Crippen LogP contribution is -2.38. The third-order valence-electron chi connectivity index (χ3n) is 2.52. The number of β-amino-alcohol motifs (C(OH)–C–C–N with tert-alkyl or cyclic N) is 1. The summed E-state index contributed by atoms with van der Waals surface area (Å²) in [6.45, 7) is 1.85. The van der Waals surface area contributed by atoms with E-state index in [1.807, 2.05) is 18.2 Å². The van der Waals surface area contributed by atoms with Crippen LogP contribution < -0.4 is 4.90 Å². The van der Waals surface area contributed by atoms with E-state index in [-0.39, 0.29) is 6.10 Å². The van der Waals surface area contributed by atoms with Crippen LogP contribution in [0.1, 0.15) is 12.8 Å². The number of nitrogens with zero attached hydrogens (tertiary/aromatic N) is 1. The van der Waals surface area contributed by atoms with Crippen molar-refractivity contribution in [1.29, 1.82) is 0 Å². The van der Waals surface area contributed by atoms with Gasteiger partial charge in [0.25, 0.3) is 0 Å². The lowest BCUT2D eigenvalue weighted by Gasteiger charge is -2.31. The Labute approximate surface area is 78.8 Å². The summed E-state index contributed by atoms with van der Waals surface area (Å²) in [4.78, 5) is 2.24. The van der Waals surface area contributed by atoms with E-state index in [0.29, 0.717) is 0 Å². The third-order valence-corrected chi connectivity index (χ3v) is 2.52. The highest BCUT2D eigenvalue weighted by molar-refractivity contribution is 5.46. The summed E-state index contributed by atoms with van der Waals surface area (Å²) in [5.74, 6) is 0. The molecule has 1 aliphatic rings. The Kier molecular flexibility index (Phi) is 2.50. The molecular formula is C11H15NO. The standard InChI is InChI=1S/C11H15NO/c13-11-7-4-8-12(9-11)10-5-2-1-3-6-10/h1-3,5-6,11,13H,4,7-9H2/t11-/m1/s1. The van der Waals surface area contributed by atoms with Crippen molar-refractivity contribution in [2.45, 2.75) is 18.9 Å². The van der Waals surface area contributed by atoms with Gasteiger partial charge in [0.05, 0.1) is 6.10 Å². The van der Waals surface area contributed by atoms with Crippen LogP contribution in [-0.2, 0) is 0 Å². The van der Waals surface area contributed by atoms with Crippen molar-refractivity contribution in [3.63, 3.8) is 0 Å². The summed E-state index contributed by atoms with van der Waals surface area (Å²) in [7, 11) is 0. The first-order valence-corrected chi connectivity index (χ1v) is 4.84. The predicted octanol–water partition coefficient (Wildman–Crippen LogP) is 1.65. The Morgan fingerprint density at radius 1 is 1.23 bits per heavy atom. The van der Waals surface area contributed by atoms with E-state index in [2.05, 4.69) is 17.0 Å². The largest absolute Gasteiger partial charge is 0.391 e. The van der Waals surface area contributed by atoms with Crippen molar-refractivity contribution in [3.05, 3.63) is 30.3 Å². The molecule has 2 rings (SSSR count). The predicted molar refractivity (Wildman–Crippen MR) is 53.9 cm³/mol. The molecule has 13 heavy (non-hydrogen) atoms. The van der Waals surface area contributed by atoms with Crippen LogP contribution in [0.3, 0.4) is 0 Å². The van der Waals surface area contributed by atoms with Gasteiger partial charge in [-0.2, -0.15) is 0 Å². The molecule has 70 valence electrons. The summed E-state index contributed by atoms with van der Waals surface area (Å²) < 4.78 is 0. The zero-order valence-electron chi connectivity index (χ0n) is 7.69. The molecule has 2 heteroatoms. The molecule has 0 spiro atoms. The molecule has 1 N–H and O–H groups in total. The number of hydrogen-bond donors (Lipinski definition) is 1. The maximum atomic E-state index is 9.50. The summed E-state index contributed by atoms with van der Waals surface area (Å²) >= 11 is 0. The van der Waals surface area contributed by atoms with Crippen LogP contribution in [-0.4, -0.2) is 24.3 Å². The monoisotopic (exact) mass is 177 g/mol. The average Bonchev–Trinajstić information content (AvgIpc) is 2.19. The van der Waals surface area contributed by atoms with Crippen LogP contribution in [0.2, 0.25) is 0 Å². The van der Waals surface area contributed by atoms with Crippen molar-refractivity contribution in [1.82, 2.24) is 0 Å². The lowest BCUT2D eigenvalue weighted by atomic mass is 10.1. The van der Waals surface area contributed by atoms with Gasteiger partial charge in [-0.25, -0.2) is 0 Å². The summed E-state index contributed by atoms with van der Waals surface area (Å²) in [5.41, 5.74) is 1.22. The van der Waals surface area contributed by atoms with E-state index in [1.54, 1.807) is 0 Å². The van der Waals surface area contributed by atoms with Crippen molar-refractivity contribution in [3.8, 4) is 0 Å². The molecule has 1 fully saturated rings. The topological polar surface area (TPSA) is 23.5 Å². The van der Waals surface area contributed by atoms with E-state index in [1.165, 1.54) is 5.69 Å². The fourth-order valence-corrected chi connectivity index (χ4v) is 1.83. The molecule has 2 nitrogen and oxygen atoms in total. The van der Waals surface area contributed by atoms with Crippen molar-refractivity contribution in [2.75, 3.05) is 18.0 Å². The lowest BCUT2D eigenvalue weighted by molar-refractivity contribution is 0.154. The number of piperidine rings is 1. The molecule has 0 saturated carbocycles. The Morgan fingerprint density at radius 2 is 2.00 bits per heavy atom. The first kappa shape index (κ1) is 8.57. The van der Waals surface area contributed by atoms with Crippen LogP contribution in [0.4, 0.5) is 5.69 Å². The molecular weight excluding hydrogens is 162 g/mol. The quantitative estimate of drug-likeness (QED) is 0.705. The molecule has 0 aliphatic carbocycles. The van der Waals surface area contributed by atoms with Crippen molar-refractivity contribution < 1.29 is 5.11 Å². The Morgan fingerprint density at radius 3 is 2.69 bits per heavy atom. The second-order valence-corrected chi connectivity index (χ2v) is 3.58. The normalized spacial score (nSPS) is 23.2. The Balaban J connectivity index is 2.08. The first-order chi connectivity index (χ1) is 6.36. The molecule has 1 saturated heterocycles. The van der Waals surface area contributed by atoms with Gasteiger partial charge in [-0.15, -0.1) is 0 Å². The van der Waals surface area contributed by atoms with Gasteiger partial charge in [-0.3, -0.25) is 0 Å². The maximum absolute atomic E-state index is 9.50. The zero-order chi connectivity index (χ0) is 9.10. The molecule has 0 amide bonds. The first-order valence-electron chi connectivity index (χ1n) is 4.84. The number of aliphatic hydroxyl groups excluding tert-OH is 1. The number of anilines is 1. The van der Waals surface area contributed by atoms with Crippen LogP contribution in [0.25, 0.3) is 0 Å². The van der Waals surface area contributed by atoms with Crippen LogP contribution in [0.15, 0.2) is 30.3 Å². The van der Waals surface area contributed by atoms with E-state index in [0.717, 1.165) is 25.9 Å². The number of aliphatic hydroxyl groups is 1. The molecule has 1 aromatic rings. The van der Waals surface area contributed by atoms with Gasteiger partial charge in [0.1, 0.15) is 0 Å². The minimum atomic E-state index is -0.144. The second-order valence-electron chi connectivity index (χ2n) is 3.58. The molecule has 1 atom stereocenters. The maximum Gasteiger partial charge on any atom is 0.0715 e. The minimum absolute atomic E-state index is 0.144. The minimum Gasteiger partial charge on any atom is -0.391 e. The van der Waals surface area contributed by atoms with Crippen LogP contribution in [0, 0.1) is 0 Å². The molecule has 0 radical (unpaired) electrons. The SMILES string of the molecule is O[C@@H]1CCCN(c2ccccc2)C1. The van der Waals surface area contributed by atoms with Crippen LogP contribution in [0.5, 0.6) is 0 Å². The van der Waals surface area contributed by atoms with E-state index in [9.17, 15) is 5.11 Å². The molecule has 0 bridgehead atoms. The fourth-order valence-electron chi connectivity index (χ4n) is 1.83. The van der Waals surface area contributed by atoms with Crippen molar-refractivity contribution in [2.24, 2.45) is 0 Å². The van der Waals surface area contributed by atoms with Gasteiger partial charge in [0.15, 0.2) is 0 Å². The number of rotatable bonds is 1. The summed E-state index contributed by atoms with van der Waals surface area (Å²) in [6.07, 6.45) is 1.90. The second kappa shape index (κ2) is 3.79. The van der Waals surface area contributed by atoms with E-state index < -0.39 is 0 Å². The molecule has 1 aliphatic heterocycles. The molecule has 1 heterocycles. The van der Waals surface area contributed by atoms with Gasteiger partial charge in [-0.1, -0.05) is 18.2 Å². The highest BCUT2D eigenvalue weighted by Crippen LogP contribution is 2.18. The Bertz CT molecular complexity index is 260. The number of benzene rings is 1. The van der Waals surface area contributed by atoms with Gasteiger partial charge in [0, 0.05) is 18.8 Å². The Hall–Kier alpha value is -1.02. The summed E-state index contributed by atoms with van der Waals surface area (Å²) in [5, 5.41) is 9.50. The molecule has 1 aromatic carbocycles. The van der Waals surface area contributed by atoms with Gasteiger partial charge in [-0.05, 0) is 25.0 Å². The smallest absolute Gasteiger partial charge is 0.0715 e. The zero-order valence-corrected chi connectivity index (χ0v) is 7.69. The van der Waals surface area contributed by atoms with Gasteiger partial charge >= 0.3 is 0 Å². The highest BCUT2D eigenvalue weighted by atomic mass is 16.3. The van der Waals surface area contributed by atoms with Gasteiger partial charge < -0.3 is 10.0 Å². The fraction of sp³-hybridized carbons (Fsp3) is 0.455. The third kappa shape index (κ3) is 2.01. The highest BCUT2D eigenvalue weighted by Gasteiger charge is 2.17. The average molecular weight is 177 g/mol. The number of hydrogen-bond acceptors (Lipinski definition) is 2. The molecule has 0 unspecified atom stereocenters. The number of para-hydroxylation sites is 1. The summed E-state index contributed by atoms with van der Waals surface area (Å²) in [6, 6.07) is 10.3. The molecule has 0 aromatic heterocycles. The van der Waals surface area contributed by atoms with Crippen LogP contribution >= 0.6 is 0 Å². The van der Waals surface area contributed by atoms with Crippen molar-refractivity contribution >= 4 is 5.69 Å². The van der Waals surface area contributed by atoms with E-state index in [4.69, 9.17) is 0 Å². The van der Waals surface area contributed by atoms with E-state index >= 15 is 0 Å².